The van der Waals surface area contributed by atoms with Gasteiger partial charge in [-0.15, -0.1) is 0 Å². The highest BCUT2D eigenvalue weighted by Gasteiger charge is 2.24. The molecular weight excluding hydrogens is 450 g/mol. The average Bonchev–Trinajstić information content (AvgIpc) is 3.28. The summed E-state index contributed by atoms with van der Waals surface area (Å²) in [5.41, 5.74) is 3.04. The van der Waals surface area contributed by atoms with Crippen molar-refractivity contribution in [2.45, 2.75) is 18.7 Å². The average molecular weight is 476 g/mol. The molecule has 0 aliphatic heterocycles. The van der Waals surface area contributed by atoms with E-state index in [-0.39, 0.29) is 10.5 Å². The van der Waals surface area contributed by atoms with Crippen molar-refractivity contribution in [3.8, 4) is 11.1 Å². The maximum Gasteiger partial charge on any atom is 0.295 e. The molecule has 0 aliphatic rings. The topological polar surface area (TPSA) is 99.3 Å². The summed E-state index contributed by atoms with van der Waals surface area (Å²) < 4.78 is 28.5. The van der Waals surface area contributed by atoms with Crippen molar-refractivity contribution in [2.75, 3.05) is 17.8 Å². The van der Waals surface area contributed by atoms with Gasteiger partial charge in [-0.25, -0.2) is 8.42 Å². The van der Waals surface area contributed by atoms with Crippen LogP contribution in [-0.4, -0.2) is 43.1 Å². The summed E-state index contributed by atoms with van der Waals surface area (Å²) in [7, 11) is -3.86. The normalized spacial score (nSPS) is 11.4. The van der Waals surface area contributed by atoms with E-state index in [0.29, 0.717) is 29.7 Å². The molecule has 0 radical (unpaired) electrons. The highest BCUT2D eigenvalue weighted by Crippen LogP contribution is 2.26. The molecule has 4 aromatic rings. The van der Waals surface area contributed by atoms with Crippen molar-refractivity contribution in [2.24, 2.45) is 0 Å². The standard InChI is InChI=1S/C26H25N3O4S/c1-3-29(4-2)26(31)25(30)23-17-27-24-15-12-20(16-22(23)24)28-34(32,33)21-13-10-19(11-14-21)18-8-6-5-7-9-18/h5-17,27-28H,3-4H2,1-2H3. The number of amides is 1. The number of nitrogens with one attached hydrogen (secondary N) is 2. The molecule has 7 nitrogen and oxygen atoms in total. The van der Waals surface area contributed by atoms with E-state index in [4.69, 9.17) is 0 Å². The van der Waals surface area contributed by atoms with Gasteiger partial charge in [-0.1, -0.05) is 42.5 Å². The fourth-order valence-electron chi connectivity index (χ4n) is 3.81. The number of hydrogen-bond donors (Lipinski definition) is 2. The Bertz CT molecular complexity index is 1440. The van der Waals surface area contributed by atoms with Crippen LogP contribution < -0.4 is 4.72 Å². The van der Waals surface area contributed by atoms with Gasteiger partial charge in [0.15, 0.2) is 0 Å². The van der Waals surface area contributed by atoms with Gasteiger partial charge in [0, 0.05) is 35.9 Å². The SMILES string of the molecule is CCN(CC)C(=O)C(=O)c1c[nH]c2ccc(NS(=O)(=O)c3ccc(-c4ccccc4)cc3)cc12. The van der Waals surface area contributed by atoms with Crippen LogP contribution in [-0.2, 0) is 14.8 Å². The van der Waals surface area contributed by atoms with E-state index in [1.165, 1.54) is 11.1 Å². The molecule has 0 saturated heterocycles. The molecule has 1 amide bonds. The Balaban J connectivity index is 1.60. The minimum absolute atomic E-state index is 0.120. The van der Waals surface area contributed by atoms with Gasteiger partial charge >= 0.3 is 0 Å². The molecule has 0 aliphatic carbocycles. The number of carbonyl (C=O) groups excluding carboxylic acids is 2. The molecule has 0 unspecified atom stereocenters. The smallest absolute Gasteiger partial charge is 0.295 e. The maximum absolute atomic E-state index is 13.0. The number of fused-ring (bicyclic) bond motifs is 1. The fraction of sp³-hybridized carbons (Fsp3) is 0.154. The Morgan fingerprint density at radius 3 is 2.18 bits per heavy atom. The van der Waals surface area contributed by atoms with Crippen LogP contribution in [0.3, 0.4) is 0 Å². The monoisotopic (exact) mass is 475 g/mol. The highest BCUT2D eigenvalue weighted by atomic mass is 32.2. The summed E-state index contributed by atoms with van der Waals surface area (Å²) in [6, 6.07) is 21.1. The summed E-state index contributed by atoms with van der Waals surface area (Å²) in [5.74, 6) is -1.22. The fourth-order valence-corrected chi connectivity index (χ4v) is 4.86. The third-order valence-corrected chi connectivity index (χ3v) is 7.09. The first kappa shape index (κ1) is 23.3. The van der Waals surface area contributed by atoms with Gasteiger partial charge in [0.05, 0.1) is 10.5 Å². The van der Waals surface area contributed by atoms with Gasteiger partial charge in [-0.3, -0.25) is 14.3 Å². The van der Waals surface area contributed by atoms with Crippen LogP contribution in [0.25, 0.3) is 22.0 Å². The zero-order chi connectivity index (χ0) is 24.3. The van der Waals surface area contributed by atoms with Crippen LogP contribution in [0.2, 0.25) is 0 Å². The third kappa shape index (κ3) is 4.58. The van der Waals surface area contributed by atoms with Crippen LogP contribution in [0.1, 0.15) is 24.2 Å². The molecule has 1 aromatic heterocycles. The molecule has 8 heteroatoms. The molecule has 1 heterocycles. The van der Waals surface area contributed by atoms with E-state index in [1.807, 2.05) is 44.2 Å². The van der Waals surface area contributed by atoms with Crippen molar-refractivity contribution in [1.29, 1.82) is 0 Å². The van der Waals surface area contributed by atoms with Gasteiger partial charge in [-0.05, 0) is 55.3 Å². The van der Waals surface area contributed by atoms with Crippen LogP contribution in [0.4, 0.5) is 5.69 Å². The predicted molar refractivity (Wildman–Crippen MR) is 133 cm³/mol. The minimum Gasteiger partial charge on any atom is -0.360 e. The van der Waals surface area contributed by atoms with E-state index in [1.54, 1.807) is 42.5 Å². The zero-order valence-corrected chi connectivity index (χ0v) is 19.7. The number of ketones is 1. The largest absolute Gasteiger partial charge is 0.360 e. The Labute approximate surface area is 198 Å². The Morgan fingerprint density at radius 2 is 1.53 bits per heavy atom. The number of benzene rings is 3. The van der Waals surface area contributed by atoms with Gasteiger partial charge in [0.2, 0.25) is 0 Å². The predicted octanol–water partition coefficient (Wildman–Crippen LogP) is 4.69. The summed E-state index contributed by atoms with van der Waals surface area (Å²) in [6.45, 7) is 4.47. The summed E-state index contributed by atoms with van der Waals surface area (Å²) in [4.78, 5) is 29.9. The van der Waals surface area contributed by atoms with Crippen LogP contribution in [0, 0.1) is 0 Å². The quantitative estimate of drug-likeness (QED) is 0.285. The van der Waals surface area contributed by atoms with Crippen molar-refractivity contribution < 1.29 is 18.0 Å². The molecule has 0 saturated carbocycles. The Kier molecular flexibility index (Phi) is 6.51. The second-order valence-electron chi connectivity index (χ2n) is 7.77. The van der Waals surface area contributed by atoms with Gasteiger partial charge in [0.25, 0.3) is 21.7 Å². The first-order valence-electron chi connectivity index (χ1n) is 11.0. The van der Waals surface area contributed by atoms with E-state index < -0.39 is 21.7 Å². The lowest BCUT2D eigenvalue weighted by Gasteiger charge is -2.17. The second-order valence-corrected chi connectivity index (χ2v) is 9.45. The van der Waals surface area contributed by atoms with E-state index in [2.05, 4.69) is 9.71 Å². The summed E-state index contributed by atoms with van der Waals surface area (Å²) >= 11 is 0. The first-order chi connectivity index (χ1) is 16.3. The molecular formula is C26H25N3O4S. The highest BCUT2D eigenvalue weighted by molar-refractivity contribution is 7.92. The lowest BCUT2D eigenvalue weighted by Crippen LogP contribution is -2.36. The molecule has 34 heavy (non-hydrogen) atoms. The third-order valence-electron chi connectivity index (χ3n) is 5.70. The number of Topliss-reactive ketones (excluding diaryl/α,β-unsaturated/α-hetero) is 1. The van der Waals surface area contributed by atoms with Crippen molar-refractivity contribution in [1.82, 2.24) is 9.88 Å². The number of sulfonamides is 1. The summed E-state index contributed by atoms with van der Waals surface area (Å²) in [6.07, 6.45) is 1.48. The molecule has 0 atom stereocenters. The number of aromatic nitrogens is 1. The van der Waals surface area contributed by atoms with E-state index in [0.717, 1.165) is 11.1 Å². The molecule has 174 valence electrons. The number of H-pyrrole nitrogens is 1. The van der Waals surface area contributed by atoms with Gasteiger partial charge in [-0.2, -0.15) is 0 Å². The van der Waals surface area contributed by atoms with E-state index in [9.17, 15) is 18.0 Å². The zero-order valence-electron chi connectivity index (χ0n) is 18.9. The maximum atomic E-state index is 13.0. The van der Waals surface area contributed by atoms with Crippen molar-refractivity contribution in [3.05, 3.63) is 84.6 Å². The lowest BCUT2D eigenvalue weighted by molar-refractivity contribution is -0.126. The Morgan fingerprint density at radius 1 is 0.882 bits per heavy atom. The number of rotatable bonds is 8. The van der Waals surface area contributed by atoms with Crippen LogP contribution in [0.5, 0.6) is 0 Å². The van der Waals surface area contributed by atoms with Crippen molar-refractivity contribution in [3.63, 3.8) is 0 Å². The molecule has 3 aromatic carbocycles. The summed E-state index contributed by atoms with van der Waals surface area (Å²) in [5, 5.41) is 0.477. The second kappa shape index (κ2) is 9.52. The number of hydrogen-bond acceptors (Lipinski definition) is 4. The number of nitrogens with zero attached hydrogens (tertiary/aromatic N) is 1. The molecule has 4 rings (SSSR count). The molecule has 0 fully saturated rings. The number of carbonyl (C=O) groups is 2. The van der Waals surface area contributed by atoms with Gasteiger partial charge in [0.1, 0.15) is 0 Å². The van der Waals surface area contributed by atoms with Crippen LogP contribution >= 0.6 is 0 Å². The Hall–Kier alpha value is -3.91. The van der Waals surface area contributed by atoms with Crippen LogP contribution in [0.15, 0.2) is 83.9 Å². The molecule has 0 bridgehead atoms. The minimum atomic E-state index is -3.86. The molecule has 2 N–H and O–H groups in total. The first-order valence-corrected chi connectivity index (χ1v) is 12.5. The van der Waals surface area contributed by atoms with Gasteiger partial charge < -0.3 is 9.88 Å². The van der Waals surface area contributed by atoms with E-state index >= 15 is 0 Å². The number of aromatic amines is 1. The number of likely N-dealkylation sites (N-methyl/N-ethyl adjacent to an activating group) is 1. The molecule has 0 spiro atoms. The lowest BCUT2D eigenvalue weighted by atomic mass is 10.1. The van der Waals surface area contributed by atoms with Crippen molar-refractivity contribution >= 4 is 38.3 Å². The number of anilines is 1.